The Kier molecular flexibility index (Phi) is 2.95. The SMILES string of the molecule is CCOc1cccc(O)c1-c1ncncn1. The molecular weight excluding hydrogens is 206 g/mol. The van der Waals surface area contributed by atoms with Crippen LogP contribution in [0.2, 0.25) is 0 Å². The van der Waals surface area contributed by atoms with Gasteiger partial charge in [-0.15, -0.1) is 0 Å². The molecule has 0 radical (unpaired) electrons. The van der Waals surface area contributed by atoms with E-state index in [4.69, 9.17) is 4.74 Å². The average molecular weight is 217 g/mol. The average Bonchev–Trinajstić information content (AvgIpc) is 2.31. The Morgan fingerprint density at radius 1 is 1.25 bits per heavy atom. The van der Waals surface area contributed by atoms with Gasteiger partial charge < -0.3 is 9.84 Å². The largest absolute Gasteiger partial charge is 0.507 e. The lowest BCUT2D eigenvalue weighted by Gasteiger charge is -2.09. The summed E-state index contributed by atoms with van der Waals surface area (Å²) >= 11 is 0. The van der Waals surface area contributed by atoms with Crippen molar-refractivity contribution in [3.8, 4) is 22.9 Å². The van der Waals surface area contributed by atoms with Gasteiger partial charge >= 0.3 is 0 Å². The van der Waals surface area contributed by atoms with E-state index in [1.54, 1.807) is 18.2 Å². The van der Waals surface area contributed by atoms with Crippen LogP contribution in [-0.2, 0) is 0 Å². The molecule has 0 amide bonds. The number of benzene rings is 1. The maximum atomic E-state index is 9.79. The van der Waals surface area contributed by atoms with Crippen molar-refractivity contribution >= 4 is 0 Å². The molecule has 2 rings (SSSR count). The van der Waals surface area contributed by atoms with Crippen molar-refractivity contribution in [2.24, 2.45) is 0 Å². The maximum absolute atomic E-state index is 9.79. The van der Waals surface area contributed by atoms with Gasteiger partial charge in [-0.1, -0.05) is 6.07 Å². The van der Waals surface area contributed by atoms with E-state index in [-0.39, 0.29) is 5.75 Å². The Hall–Kier alpha value is -2.17. The minimum atomic E-state index is 0.0946. The molecule has 1 aromatic heterocycles. The van der Waals surface area contributed by atoms with Gasteiger partial charge in [0.25, 0.3) is 0 Å². The van der Waals surface area contributed by atoms with Crippen LogP contribution in [-0.4, -0.2) is 26.7 Å². The second kappa shape index (κ2) is 4.57. The summed E-state index contributed by atoms with van der Waals surface area (Å²) in [6.07, 6.45) is 2.76. The number of ether oxygens (including phenoxy) is 1. The van der Waals surface area contributed by atoms with Gasteiger partial charge in [0, 0.05) is 0 Å². The first-order chi connectivity index (χ1) is 7.83. The van der Waals surface area contributed by atoms with Crippen molar-refractivity contribution < 1.29 is 9.84 Å². The summed E-state index contributed by atoms with van der Waals surface area (Å²) in [4.78, 5) is 11.7. The minimum Gasteiger partial charge on any atom is -0.507 e. The van der Waals surface area contributed by atoms with Crippen LogP contribution in [0.1, 0.15) is 6.92 Å². The first kappa shape index (κ1) is 10.4. The van der Waals surface area contributed by atoms with Gasteiger partial charge in [-0.3, -0.25) is 0 Å². The topological polar surface area (TPSA) is 68.1 Å². The predicted molar refractivity (Wildman–Crippen MR) is 58.1 cm³/mol. The van der Waals surface area contributed by atoms with Gasteiger partial charge in [-0.2, -0.15) is 0 Å². The standard InChI is InChI=1S/C11H11N3O2/c1-2-16-9-5-3-4-8(15)10(9)11-13-6-12-7-14-11/h3-7,15H,2H2,1H3. The molecule has 2 aromatic rings. The number of aromatic nitrogens is 3. The van der Waals surface area contributed by atoms with Gasteiger partial charge in [0.2, 0.25) is 0 Å². The maximum Gasteiger partial charge on any atom is 0.170 e. The molecule has 5 heteroatoms. The third kappa shape index (κ3) is 1.93. The van der Waals surface area contributed by atoms with Crippen LogP contribution < -0.4 is 4.74 Å². The zero-order chi connectivity index (χ0) is 11.4. The lowest BCUT2D eigenvalue weighted by molar-refractivity contribution is 0.339. The number of phenols is 1. The Bertz CT molecular complexity index is 474. The zero-order valence-electron chi connectivity index (χ0n) is 8.79. The monoisotopic (exact) mass is 217 g/mol. The van der Waals surface area contributed by atoms with Crippen molar-refractivity contribution in [1.82, 2.24) is 15.0 Å². The van der Waals surface area contributed by atoms with Gasteiger partial charge in [0.05, 0.1) is 6.61 Å². The van der Waals surface area contributed by atoms with Crippen LogP contribution >= 0.6 is 0 Å². The van der Waals surface area contributed by atoms with Crippen molar-refractivity contribution in [3.63, 3.8) is 0 Å². The molecule has 0 aliphatic carbocycles. The van der Waals surface area contributed by atoms with E-state index < -0.39 is 0 Å². The molecule has 5 nitrogen and oxygen atoms in total. The molecule has 0 bridgehead atoms. The normalized spacial score (nSPS) is 10.1. The Balaban J connectivity index is 2.54. The van der Waals surface area contributed by atoms with E-state index in [0.717, 1.165) is 0 Å². The molecule has 0 aliphatic rings. The Labute approximate surface area is 92.8 Å². The predicted octanol–water partition coefficient (Wildman–Crippen LogP) is 1.64. The van der Waals surface area contributed by atoms with Gasteiger partial charge in [-0.25, -0.2) is 15.0 Å². The number of phenolic OH excluding ortho intramolecular Hbond substituents is 1. The summed E-state index contributed by atoms with van der Waals surface area (Å²) in [6.45, 7) is 2.39. The summed E-state index contributed by atoms with van der Waals surface area (Å²) in [5.41, 5.74) is 0.492. The number of hydrogen-bond acceptors (Lipinski definition) is 5. The van der Waals surface area contributed by atoms with E-state index in [1.165, 1.54) is 12.7 Å². The zero-order valence-corrected chi connectivity index (χ0v) is 8.79. The summed E-state index contributed by atoms with van der Waals surface area (Å²) in [5.74, 6) is 1.06. The van der Waals surface area contributed by atoms with E-state index in [1.807, 2.05) is 6.92 Å². The Morgan fingerprint density at radius 2 is 2.00 bits per heavy atom. The van der Waals surface area contributed by atoms with Crippen LogP contribution in [0.25, 0.3) is 11.4 Å². The first-order valence-electron chi connectivity index (χ1n) is 4.90. The van der Waals surface area contributed by atoms with Crippen LogP contribution in [0, 0.1) is 0 Å². The van der Waals surface area contributed by atoms with Crippen LogP contribution in [0.5, 0.6) is 11.5 Å². The van der Waals surface area contributed by atoms with Crippen molar-refractivity contribution in [2.45, 2.75) is 6.92 Å². The van der Waals surface area contributed by atoms with E-state index in [2.05, 4.69) is 15.0 Å². The highest BCUT2D eigenvalue weighted by atomic mass is 16.5. The minimum absolute atomic E-state index is 0.0946. The molecule has 0 spiro atoms. The molecule has 1 N–H and O–H groups in total. The highest BCUT2D eigenvalue weighted by molar-refractivity contribution is 5.70. The molecule has 0 unspecified atom stereocenters. The van der Waals surface area contributed by atoms with Crippen molar-refractivity contribution in [2.75, 3.05) is 6.61 Å². The van der Waals surface area contributed by atoms with Gasteiger partial charge in [0.15, 0.2) is 5.82 Å². The molecule has 0 fully saturated rings. The van der Waals surface area contributed by atoms with E-state index in [0.29, 0.717) is 23.7 Å². The molecule has 1 aromatic carbocycles. The summed E-state index contributed by atoms with van der Waals surface area (Å²) in [5, 5.41) is 9.79. The van der Waals surface area contributed by atoms with E-state index in [9.17, 15) is 5.11 Å². The smallest absolute Gasteiger partial charge is 0.170 e. The number of nitrogens with zero attached hydrogens (tertiary/aromatic N) is 3. The second-order valence-corrected chi connectivity index (χ2v) is 3.05. The third-order valence-corrected chi connectivity index (χ3v) is 2.02. The third-order valence-electron chi connectivity index (χ3n) is 2.02. The first-order valence-corrected chi connectivity index (χ1v) is 4.90. The highest BCUT2D eigenvalue weighted by Gasteiger charge is 2.13. The lowest BCUT2D eigenvalue weighted by Crippen LogP contribution is -1.97. The highest BCUT2D eigenvalue weighted by Crippen LogP contribution is 2.35. The molecule has 0 atom stereocenters. The van der Waals surface area contributed by atoms with Crippen LogP contribution in [0.15, 0.2) is 30.9 Å². The fourth-order valence-electron chi connectivity index (χ4n) is 1.39. The molecule has 82 valence electrons. The fraction of sp³-hybridized carbons (Fsp3) is 0.182. The van der Waals surface area contributed by atoms with Crippen molar-refractivity contribution in [1.29, 1.82) is 0 Å². The summed E-state index contributed by atoms with van der Waals surface area (Å²) in [7, 11) is 0. The van der Waals surface area contributed by atoms with Gasteiger partial charge in [-0.05, 0) is 19.1 Å². The molecule has 1 heterocycles. The number of rotatable bonds is 3. The second-order valence-electron chi connectivity index (χ2n) is 3.05. The summed E-state index contributed by atoms with van der Waals surface area (Å²) in [6, 6.07) is 5.05. The molecule has 0 aliphatic heterocycles. The molecule has 0 saturated heterocycles. The molecular formula is C11H11N3O2. The van der Waals surface area contributed by atoms with Crippen LogP contribution in [0.3, 0.4) is 0 Å². The van der Waals surface area contributed by atoms with Crippen LogP contribution in [0.4, 0.5) is 0 Å². The summed E-state index contributed by atoms with van der Waals surface area (Å²) < 4.78 is 5.41. The molecule has 0 saturated carbocycles. The van der Waals surface area contributed by atoms with Crippen molar-refractivity contribution in [3.05, 3.63) is 30.9 Å². The fourth-order valence-corrected chi connectivity index (χ4v) is 1.39. The quantitative estimate of drug-likeness (QED) is 0.846. The van der Waals surface area contributed by atoms with Gasteiger partial charge in [0.1, 0.15) is 29.7 Å². The Morgan fingerprint density at radius 3 is 2.69 bits per heavy atom. The lowest BCUT2D eigenvalue weighted by atomic mass is 10.1. The van der Waals surface area contributed by atoms with E-state index >= 15 is 0 Å². The molecule has 16 heavy (non-hydrogen) atoms. The number of aromatic hydroxyl groups is 1. The number of hydrogen-bond donors (Lipinski definition) is 1.